The van der Waals surface area contributed by atoms with E-state index < -0.39 is 23.5 Å². The van der Waals surface area contributed by atoms with Crippen LogP contribution in [0.1, 0.15) is 0 Å². The van der Waals surface area contributed by atoms with Crippen LogP contribution in [0.4, 0.5) is 0 Å². The van der Waals surface area contributed by atoms with Crippen molar-refractivity contribution in [2.24, 2.45) is 0 Å². The fourth-order valence-electron chi connectivity index (χ4n) is 0. The van der Waals surface area contributed by atoms with Crippen LogP contribution in [-0.4, -0.2) is 44.0 Å². The molecule has 0 saturated heterocycles. The molecule has 104 valence electrons. The van der Waals surface area contributed by atoms with Gasteiger partial charge in [0.05, 0.1) is 0 Å². The number of rotatable bonds is 0. The van der Waals surface area contributed by atoms with Gasteiger partial charge in [-0.2, -0.15) is 0 Å². The molecule has 0 aromatic carbocycles. The second-order valence-corrected chi connectivity index (χ2v) is 4.62. The third kappa shape index (κ3) is 3950. The third-order valence-corrected chi connectivity index (χ3v) is 0. The van der Waals surface area contributed by atoms with Gasteiger partial charge in [0.1, 0.15) is 0 Å². The van der Waals surface area contributed by atoms with Crippen molar-refractivity contribution in [1.82, 2.24) is 0 Å². The van der Waals surface area contributed by atoms with Crippen LogP contribution in [0.5, 0.6) is 0 Å². The van der Waals surface area contributed by atoms with Gasteiger partial charge in [-0.1, -0.05) is 0 Å². The Balaban J connectivity index is -0.0000000655. The Morgan fingerprint density at radius 1 is 0.438 bits per heavy atom. The minimum Gasteiger partial charge on any atom is -0.303 e. The van der Waals surface area contributed by atoms with Gasteiger partial charge in [0.2, 0.25) is 0 Å². The summed E-state index contributed by atoms with van der Waals surface area (Å²) in [4.78, 5) is 64.7. The smallest absolute Gasteiger partial charge is 0.303 e. The Hall–Kier alpha value is 0.849. The average molecular weight is 350 g/mol. The van der Waals surface area contributed by atoms with Gasteiger partial charge < -0.3 is 44.0 Å². The topological polar surface area (TPSA) is 233 Å². The minimum absolute atomic E-state index is 0. The zero-order valence-corrected chi connectivity index (χ0v) is 10.7. The van der Waals surface area contributed by atoms with Gasteiger partial charge in [0.25, 0.3) is 0 Å². The molecule has 0 aliphatic heterocycles. The van der Waals surface area contributed by atoms with Crippen LogP contribution in [0.3, 0.4) is 0 Å². The van der Waals surface area contributed by atoms with Gasteiger partial charge in [0, 0.05) is 17.1 Å². The molecule has 0 radical (unpaired) electrons. The van der Waals surface area contributed by atoms with Crippen LogP contribution in [0, 0.1) is 0 Å². The Morgan fingerprint density at radius 2 is 0.438 bits per heavy atom. The molecule has 0 heterocycles. The summed E-state index contributed by atoms with van der Waals surface area (Å²) in [5.41, 5.74) is 0. The van der Waals surface area contributed by atoms with Gasteiger partial charge in [-0.25, -0.2) is 13.7 Å². The first kappa shape index (κ1) is 25.6. The van der Waals surface area contributed by atoms with E-state index in [1.807, 2.05) is 0 Å². The molecule has 0 atom stereocenters. The molecule has 0 aromatic heterocycles. The molecule has 9 N–H and O–H groups in total. The molecule has 0 amide bonds. The fourth-order valence-corrected chi connectivity index (χ4v) is 0. The Bertz CT molecular complexity index is 202. The number of phosphoric acid groups is 3. The predicted molar refractivity (Wildman–Crippen MR) is 42.8 cm³/mol. The van der Waals surface area contributed by atoms with Gasteiger partial charge in [-0.15, -0.1) is 0 Å². The van der Waals surface area contributed by atoms with E-state index >= 15 is 0 Å². The Morgan fingerprint density at radius 3 is 0.438 bits per heavy atom. The summed E-state index contributed by atoms with van der Waals surface area (Å²) in [6.45, 7) is 0. The summed E-state index contributed by atoms with van der Waals surface area (Å²) in [5.74, 6) is 0. The summed E-state index contributed by atoms with van der Waals surface area (Å²) in [6.07, 6.45) is 0. The molecule has 0 saturated carbocycles. The molecule has 0 fully saturated rings. The first-order valence-corrected chi connectivity index (χ1v) is 7.04. The standard InChI is InChI=1S/Fe.3H3O4P/c;3*1-5(2,3)4/h;3*(H3,1,2,3,4). The number of hydrogen-bond acceptors (Lipinski definition) is 3. The van der Waals surface area contributed by atoms with E-state index in [1.165, 1.54) is 0 Å². The summed E-state index contributed by atoms with van der Waals surface area (Å²) in [6, 6.07) is 0. The predicted octanol–water partition coefficient (Wildman–Crippen LogP) is -2.79. The molecule has 16 heteroatoms. The average Bonchev–Trinajstić information content (AvgIpc) is 1.41. The second-order valence-electron chi connectivity index (χ2n) is 1.54. The first-order chi connectivity index (χ1) is 6.00. The number of hydrogen-bond donors (Lipinski definition) is 9. The molecular formula is H9FeO12P3. The molecule has 0 aliphatic rings. The zero-order chi connectivity index (χ0) is 13.5. The second kappa shape index (κ2) is 9.84. The molecule has 0 aromatic rings. The maximum atomic E-state index is 8.88. The molecule has 0 bridgehead atoms. The van der Waals surface area contributed by atoms with Crippen molar-refractivity contribution in [3.05, 3.63) is 0 Å². The minimum atomic E-state index is -4.64. The third-order valence-electron chi connectivity index (χ3n) is 0. The molecule has 0 unspecified atom stereocenters. The van der Waals surface area contributed by atoms with E-state index in [4.69, 9.17) is 57.7 Å². The van der Waals surface area contributed by atoms with Crippen molar-refractivity contribution in [2.45, 2.75) is 0 Å². The van der Waals surface area contributed by atoms with E-state index in [1.54, 1.807) is 0 Å². The van der Waals surface area contributed by atoms with Crippen LogP contribution < -0.4 is 0 Å². The Kier molecular flexibility index (Phi) is 15.8. The quantitative estimate of drug-likeness (QED) is 0.159. The van der Waals surface area contributed by atoms with Gasteiger partial charge >= 0.3 is 23.5 Å². The van der Waals surface area contributed by atoms with Crippen molar-refractivity contribution in [2.75, 3.05) is 0 Å². The monoisotopic (exact) mass is 350 g/mol. The molecule has 12 nitrogen and oxygen atoms in total. The summed E-state index contributed by atoms with van der Waals surface area (Å²) in [7, 11) is -13.9. The van der Waals surface area contributed by atoms with Crippen molar-refractivity contribution in [1.29, 1.82) is 0 Å². The normalized spacial score (nSPS) is 11.1. The summed E-state index contributed by atoms with van der Waals surface area (Å²) in [5, 5.41) is 0. The maximum Gasteiger partial charge on any atom is 0.466 e. The van der Waals surface area contributed by atoms with E-state index in [0.717, 1.165) is 0 Å². The van der Waals surface area contributed by atoms with Crippen molar-refractivity contribution in [3.8, 4) is 0 Å². The van der Waals surface area contributed by atoms with Crippen molar-refractivity contribution < 1.29 is 74.8 Å². The van der Waals surface area contributed by atoms with E-state index in [9.17, 15) is 0 Å². The summed E-state index contributed by atoms with van der Waals surface area (Å²) >= 11 is 0. The molecular weight excluding hydrogens is 341 g/mol. The van der Waals surface area contributed by atoms with Crippen molar-refractivity contribution in [3.63, 3.8) is 0 Å². The van der Waals surface area contributed by atoms with Crippen LogP contribution >= 0.6 is 23.5 Å². The van der Waals surface area contributed by atoms with Gasteiger partial charge in [-0.05, 0) is 0 Å². The van der Waals surface area contributed by atoms with E-state index in [2.05, 4.69) is 0 Å². The fraction of sp³-hybridized carbons (Fsp3) is 0. The zero-order valence-electron chi connectivity index (χ0n) is 6.94. The molecule has 16 heavy (non-hydrogen) atoms. The maximum absolute atomic E-state index is 8.88. The molecule has 0 rings (SSSR count). The molecule has 0 spiro atoms. The molecule has 0 aliphatic carbocycles. The largest absolute Gasteiger partial charge is 0.466 e. The van der Waals surface area contributed by atoms with Crippen molar-refractivity contribution >= 4 is 23.5 Å². The van der Waals surface area contributed by atoms with Crippen LogP contribution in [-0.2, 0) is 30.8 Å². The van der Waals surface area contributed by atoms with Crippen LogP contribution in [0.2, 0.25) is 0 Å². The van der Waals surface area contributed by atoms with Crippen LogP contribution in [0.15, 0.2) is 0 Å². The van der Waals surface area contributed by atoms with E-state index in [-0.39, 0.29) is 17.1 Å². The van der Waals surface area contributed by atoms with Gasteiger partial charge in [-0.3, -0.25) is 0 Å². The van der Waals surface area contributed by atoms with Crippen LogP contribution in [0.25, 0.3) is 0 Å². The Labute approximate surface area is 98.8 Å². The SMILES string of the molecule is O=P(O)(O)O.O=P(O)(O)O.O=P(O)(O)O.[Fe]. The van der Waals surface area contributed by atoms with Gasteiger partial charge in [0.15, 0.2) is 0 Å². The van der Waals surface area contributed by atoms with E-state index in [0.29, 0.717) is 0 Å². The summed E-state index contributed by atoms with van der Waals surface area (Å²) < 4.78 is 26.6. The first-order valence-electron chi connectivity index (χ1n) is 2.35.